The van der Waals surface area contributed by atoms with Gasteiger partial charge in [-0.1, -0.05) is 24.8 Å². The molecule has 1 aliphatic rings. The molecule has 188 valence electrons. The first-order valence-electron chi connectivity index (χ1n) is 12.1. The van der Waals surface area contributed by atoms with Gasteiger partial charge in [0.1, 0.15) is 29.7 Å². The molecule has 1 aromatic heterocycles. The molecule has 0 aliphatic carbocycles. The number of para-hydroxylation sites is 1. The van der Waals surface area contributed by atoms with Crippen LogP contribution in [0.5, 0.6) is 23.0 Å². The highest BCUT2D eigenvalue weighted by Crippen LogP contribution is 2.36. The van der Waals surface area contributed by atoms with Crippen LogP contribution in [-0.4, -0.2) is 47.1 Å². The molecule has 5 rings (SSSR count). The van der Waals surface area contributed by atoms with E-state index in [-0.39, 0.29) is 12.0 Å². The topological polar surface area (TPSA) is 85.8 Å². The lowest BCUT2D eigenvalue weighted by Crippen LogP contribution is -2.41. The molecular formula is C29H28N4O4. The van der Waals surface area contributed by atoms with Crippen molar-refractivity contribution in [3.63, 3.8) is 0 Å². The first-order valence-corrected chi connectivity index (χ1v) is 12.1. The van der Waals surface area contributed by atoms with Gasteiger partial charge in [0.05, 0.1) is 12.6 Å². The zero-order valence-electron chi connectivity index (χ0n) is 20.6. The summed E-state index contributed by atoms with van der Waals surface area (Å²) < 4.78 is 17.8. The molecule has 0 saturated carbocycles. The number of fused-ring (bicyclic) bond motifs is 1. The van der Waals surface area contributed by atoms with E-state index in [4.69, 9.17) is 14.2 Å². The van der Waals surface area contributed by atoms with Crippen LogP contribution in [0.15, 0.2) is 85.7 Å². The molecule has 4 aromatic rings. The van der Waals surface area contributed by atoms with Gasteiger partial charge in [0.15, 0.2) is 11.5 Å². The summed E-state index contributed by atoms with van der Waals surface area (Å²) in [6.45, 7) is 4.83. The van der Waals surface area contributed by atoms with E-state index in [2.05, 4.69) is 21.9 Å². The maximum absolute atomic E-state index is 11.9. The summed E-state index contributed by atoms with van der Waals surface area (Å²) in [5.41, 5.74) is 1.59. The molecule has 0 atom stereocenters. The van der Waals surface area contributed by atoms with E-state index in [1.165, 1.54) is 12.4 Å². The molecule has 37 heavy (non-hydrogen) atoms. The molecule has 8 heteroatoms. The van der Waals surface area contributed by atoms with Gasteiger partial charge in [-0.25, -0.2) is 9.97 Å². The van der Waals surface area contributed by atoms with Crippen LogP contribution in [0.1, 0.15) is 12.8 Å². The minimum absolute atomic E-state index is 0.0292. The molecule has 2 heterocycles. The number of benzene rings is 3. The fourth-order valence-electron chi connectivity index (χ4n) is 4.29. The zero-order valence-corrected chi connectivity index (χ0v) is 20.6. The smallest absolute Gasteiger partial charge is 0.245 e. The van der Waals surface area contributed by atoms with E-state index in [9.17, 15) is 4.79 Å². The van der Waals surface area contributed by atoms with Crippen LogP contribution >= 0.6 is 0 Å². The Bertz CT molecular complexity index is 1380. The molecule has 0 unspecified atom stereocenters. The van der Waals surface area contributed by atoms with E-state index in [1.54, 1.807) is 12.0 Å². The molecule has 0 spiro atoms. The number of nitrogens with one attached hydrogen (secondary N) is 1. The molecule has 0 bridgehead atoms. The SMILES string of the molecule is C=CC(=O)N1CCC(Oc2cc3c(Nc4ccc(Oc5ccccc5)cc4)ncnc3cc2OC)CC1. The van der Waals surface area contributed by atoms with E-state index >= 15 is 0 Å². The lowest BCUT2D eigenvalue weighted by atomic mass is 10.1. The Hall–Kier alpha value is -4.59. The number of nitrogens with zero attached hydrogens (tertiary/aromatic N) is 3. The van der Waals surface area contributed by atoms with Crippen molar-refractivity contribution in [1.82, 2.24) is 14.9 Å². The third kappa shape index (κ3) is 5.64. The number of amides is 1. The summed E-state index contributed by atoms with van der Waals surface area (Å²) in [6, 6.07) is 21.1. The average Bonchev–Trinajstić information content (AvgIpc) is 2.94. The number of methoxy groups -OCH3 is 1. The van der Waals surface area contributed by atoms with Crippen molar-refractivity contribution < 1.29 is 19.0 Å². The Labute approximate surface area is 215 Å². The summed E-state index contributed by atoms with van der Waals surface area (Å²) >= 11 is 0. The molecule has 1 N–H and O–H groups in total. The minimum atomic E-state index is -0.0470. The maximum Gasteiger partial charge on any atom is 0.245 e. The number of hydrogen-bond donors (Lipinski definition) is 1. The number of rotatable bonds is 8. The fourth-order valence-corrected chi connectivity index (χ4v) is 4.29. The maximum atomic E-state index is 11.9. The molecule has 1 amide bonds. The third-order valence-electron chi connectivity index (χ3n) is 6.24. The number of likely N-dealkylation sites (tertiary alicyclic amines) is 1. The van der Waals surface area contributed by atoms with Crippen LogP contribution in [0.4, 0.5) is 11.5 Å². The molecule has 1 saturated heterocycles. The second-order valence-corrected chi connectivity index (χ2v) is 8.65. The average molecular weight is 497 g/mol. The highest BCUT2D eigenvalue weighted by molar-refractivity contribution is 5.93. The van der Waals surface area contributed by atoms with Gasteiger partial charge in [-0.2, -0.15) is 0 Å². The van der Waals surface area contributed by atoms with Crippen LogP contribution in [0.2, 0.25) is 0 Å². The Morgan fingerprint density at radius 3 is 2.43 bits per heavy atom. The Balaban J connectivity index is 1.34. The van der Waals surface area contributed by atoms with Crippen LogP contribution in [-0.2, 0) is 4.79 Å². The molecule has 1 aliphatic heterocycles. The molecule has 1 fully saturated rings. The summed E-state index contributed by atoms with van der Waals surface area (Å²) in [7, 11) is 1.61. The van der Waals surface area contributed by atoms with Gasteiger partial charge in [-0.15, -0.1) is 0 Å². The Morgan fingerprint density at radius 2 is 1.73 bits per heavy atom. The van der Waals surface area contributed by atoms with E-state index in [0.29, 0.717) is 30.4 Å². The number of aromatic nitrogens is 2. The zero-order chi connectivity index (χ0) is 25.6. The number of carbonyl (C=O) groups excluding carboxylic acids is 1. The predicted molar refractivity (Wildman–Crippen MR) is 143 cm³/mol. The summed E-state index contributed by atoms with van der Waals surface area (Å²) in [6.07, 6.45) is 4.30. The number of carbonyl (C=O) groups is 1. The highest BCUT2D eigenvalue weighted by Gasteiger charge is 2.24. The van der Waals surface area contributed by atoms with Crippen LogP contribution in [0.3, 0.4) is 0 Å². The summed E-state index contributed by atoms with van der Waals surface area (Å²) in [5, 5.41) is 4.18. The van der Waals surface area contributed by atoms with Gasteiger partial charge in [0.25, 0.3) is 0 Å². The molecule has 8 nitrogen and oxygen atoms in total. The monoisotopic (exact) mass is 496 g/mol. The second-order valence-electron chi connectivity index (χ2n) is 8.65. The number of piperidine rings is 1. The molecular weight excluding hydrogens is 468 g/mol. The first-order chi connectivity index (χ1) is 18.1. The van der Waals surface area contributed by atoms with Crippen molar-refractivity contribution >= 4 is 28.3 Å². The van der Waals surface area contributed by atoms with E-state index in [0.717, 1.165) is 40.9 Å². The largest absolute Gasteiger partial charge is 0.493 e. The van der Waals surface area contributed by atoms with Crippen molar-refractivity contribution in [2.75, 3.05) is 25.5 Å². The van der Waals surface area contributed by atoms with Crippen molar-refractivity contribution in [1.29, 1.82) is 0 Å². The fraction of sp³-hybridized carbons (Fsp3) is 0.207. The summed E-state index contributed by atoms with van der Waals surface area (Å²) in [4.78, 5) is 22.6. The number of ether oxygens (including phenoxy) is 3. The molecule has 0 radical (unpaired) electrons. The van der Waals surface area contributed by atoms with Crippen molar-refractivity contribution in [2.45, 2.75) is 18.9 Å². The first kappa shape index (κ1) is 24.1. The minimum Gasteiger partial charge on any atom is -0.493 e. The Kier molecular flexibility index (Phi) is 7.16. The number of hydrogen-bond acceptors (Lipinski definition) is 7. The van der Waals surface area contributed by atoms with Crippen LogP contribution in [0.25, 0.3) is 10.9 Å². The van der Waals surface area contributed by atoms with Gasteiger partial charge in [-0.3, -0.25) is 4.79 Å². The highest BCUT2D eigenvalue weighted by atomic mass is 16.5. The van der Waals surface area contributed by atoms with Crippen molar-refractivity contribution in [3.05, 3.63) is 85.7 Å². The lowest BCUT2D eigenvalue weighted by Gasteiger charge is -2.31. The summed E-state index contributed by atoms with van der Waals surface area (Å²) in [5.74, 6) is 3.35. The van der Waals surface area contributed by atoms with Crippen LogP contribution in [0, 0.1) is 0 Å². The normalized spacial score (nSPS) is 13.7. The predicted octanol–water partition coefficient (Wildman–Crippen LogP) is 5.73. The van der Waals surface area contributed by atoms with Gasteiger partial charge in [0, 0.05) is 43.1 Å². The van der Waals surface area contributed by atoms with E-state index < -0.39 is 0 Å². The van der Waals surface area contributed by atoms with Gasteiger partial charge in [0.2, 0.25) is 5.91 Å². The van der Waals surface area contributed by atoms with Gasteiger partial charge in [-0.05, 0) is 48.5 Å². The quantitative estimate of drug-likeness (QED) is 0.312. The Morgan fingerprint density at radius 1 is 1.00 bits per heavy atom. The van der Waals surface area contributed by atoms with Crippen molar-refractivity contribution in [3.8, 4) is 23.0 Å². The lowest BCUT2D eigenvalue weighted by molar-refractivity contribution is -0.127. The molecule has 3 aromatic carbocycles. The standard InChI is InChI=1S/C29H28N4O4/c1-3-28(34)33-15-13-23(14-16-33)37-27-17-24-25(18-26(27)35-2)30-19-31-29(24)32-20-9-11-22(12-10-20)36-21-7-5-4-6-8-21/h3-12,17-19,23H,1,13-16H2,2H3,(H,30,31,32). The van der Waals surface area contributed by atoms with Gasteiger partial charge < -0.3 is 24.4 Å². The second kappa shape index (κ2) is 11.0. The van der Waals surface area contributed by atoms with E-state index in [1.807, 2.05) is 66.7 Å². The number of anilines is 2. The van der Waals surface area contributed by atoms with Crippen molar-refractivity contribution in [2.24, 2.45) is 0 Å². The van der Waals surface area contributed by atoms with Crippen LogP contribution < -0.4 is 19.5 Å². The van der Waals surface area contributed by atoms with Gasteiger partial charge >= 0.3 is 0 Å². The third-order valence-corrected chi connectivity index (χ3v) is 6.24.